The molecule has 4 aromatic rings. The summed E-state index contributed by atoms with van der Waals surface area (Å²) in [5, 5.41) is 16.0. The molecule has 0 spiro atoms. The first kappa shape index (κ1) is 18.1. The molecule has 2 aromatic carbocycles. The number of nitrogens with one attached hydrogen (secondary N) is 1. The summed E-state index contributed by atoms with van der Waals surface area (Å²) in [6.07, 6.45) is 0.508. The smallest absolute Gasteiger partial charge is 0.251 e. The highest BCUT2D eigenvalue weighted by Crippen LogP contribution is 2.22. The van der Waals surface area contributed by atoms with Gasteiger partial charge in [0, 0.05) is 23.2 Å². The van der Waals surface area contributed by atoms with E-state index in [9.17, 15) is 4.79 Å². The number of aryl methyl sites for hydroxylation is 1. The monoisotopic (exact) mass is 396 g/mol. The molecule has 0 aliphatic rings. The molecule has 1 N–H and O–H groups in total. The van der Waals surface area contributed by atoms with Crippen LogP contribution in [0.3, 0.4) is 0 Å². The van der Waals surface area contributed by atoms with Crippen LogP contribution >= 0.6 is 11.6 Å². The SMILES string of the molecule is CC[C@H](C(=O)Nc1ccc2oc(C)nc2c1)n1nnc(-c2ccc(Cl)cc2)n1. The molecule has 9 heteroatoms. The van der Waals surface area contributed by atoms with E-state index in [0.717, 1.165) is 5.56 Å². The van der Waals surface area contributed by atoms with Gasteiger partial charge in [-0.2, -0.15) is 4.80 Å². The molecule has 0 radical (unpaired) electrons. The summed E-state index contributed by atoms with van der Waals surface area (Å²) in [5.74, 6) is 0.774. The zero-order valence-electron chi connectivity index (χ0n) is 15.3. The van der Waals surface area contributed by atoms with Crippen LogP contribution in [0.2, 0.25) is 5.02 Å². The van der Waals surface area contributed by atoms with E-state index < -0.39 is 6.04 Å². The molecule has 2 aromatic heterocycles. The lowest BCUT2D eigenvalue weighted by atomic mass is 10.2. The third-order valence-corrected chi connectivity index (χ3v) is 4.51. The van der Waals surface area contributed by atoms with Crippen LogP contribution in [-0.2, 0) is 4.79 Å². The number of nitrogens with zero attached hydrogens (tertiary/aromatic N) is 5. The van der Waals surface area contributed by atoms with E-state index in [1.807, 2.05) is 6.92 Å². The van der Waals surface area contributed by atoms with Gasteiger partial charge in [-0.3, -0.25) is 4.79 Å². The van der Waals surface area contributed by atoms with E-state index in [0.29, 0.717) is 39.9 Å². The first-order valence-electron chi connectivity index (χ1n) is 8.77. The minimum absolute atomic E-state index is 0.234. The van der Waals surface area contributed by atoms with Gasteiger partial charge in [0.25, 0.3) is 5.91 Å². The van der Waals surface area contributed by atoms with Crippen LogP contribution in [0.25, 0.3) is 22.5 Å². The maximum atomic E-state index is 12.8. The summed E-state index contributed by atoms with van der Waals surface area (Å²) in [4.78, 5) is 18.4. The Morgan fingerprint density at radius 3 is 2.79 bits per heavy atom. The van der Waals surface area contributed by atoms with Crippen LogP contribution in [0, 0.1) is 6.92 Å². The first-order chi connectivity index (χ1) is 13.5. The van der Waals surface area contributed by atoms with Crippen molar-refractivity contribution in [2.75, 3.05) is 5.32 Å². The average Bonchev–Trinajstić information content (AvgIpc) is 3.29. The van der Waals surface area contributed by atoms with Crippen molar-refractivity contribution in [2.45, 2.75) is 26.3 Å². The summed E-state index contributed by atoms with van der Waals surface area (Å²) in [6, 6.07) is 11.8. The van der Waals surface area contributed by atoms with Crippen molar-refractivity contribution in [1.82, 2.24) is 25.2 Å². The van der Waals surface area contributed by atoms with Gasteiger partial charge in [-0.15, -0.1) is 10.2 Å². The Bertz CT molecular complexity index is 1140. The van der Waals surface area contributed by atoms with Crippen LogP contribution in [0.4, 0.5) is 5.69 Å². The summed E-state index contributed by atoms with van der Waals surface area (Å²) < 4.78 is 5.45. The quantitative estimate of drug-likeness (QED) is 0.546. The van der Waals surface area contributed by atoms with Gasteiger partial charge in [-0.25, -0.2) is 4.98 Å². The molecule has 0 saturated carbocycles. The van der Waals surface area contributed by atoms with Crippen LogP contribution in [0.15, 0.2) is 46.9 Å². The maximum Gasteiger partial charge on any atom is 0.251 e. The molecule has 0 fully saturated rings. The molecule has 0 aliphatic heterocycles. The number of amides is 1. The summed E-state index contributed by atoms with van der Waals surface area (Å²) in [6.45, 7) is 3.67. The molecule has 4 rings (SSSR count). The van der Waals surface area contributed by atoms with E-state index in [-0.39, 0.29) is 5.91 Å². The van der Waals surface area contributed by atoms with Gasteiger partial charge < -0.3 is 9.73 Å². The minimum atomic E-state index is -0.594. The third-order valence-electron chi connectivity index (χ3n) is 4.26. The molecule has 0 aliphatic carbocycles. The maximum absolute atomic E-state index is 12.8. The number of aromatic nitrogens is 5. The van der Waals surface area contributed by atoms with Crippen LogP contribution < -0.4 is 5.32 Å². The average molecular weight is 397 g/mol. The molecule has 28 heavy (non-hydrogen) atoms. The van der Waals surface area contributed by atoms with Crippen molar-refractivity contribution >= 4 is 34.3 Å². The fourth-order valence-electron chi connectivity index (χ4n) is 2.87. The lowest BCUT2D eigenvalue weighted by molar-refractivity contribution is -0.119. The largest absolute Gasteiger partial charge is 0.441 e. The highest BCUT2D eigenvalue weighted by Gasteiger charge is 2.22. The van der Waals surface area contributed by atoms with Gasteiger partial charge >= 0.3 is 0 Å². The second kappa shape index (κ2) is 7.40. The lowest BCUT2D eigenvalue weighted by Gasteiger charge is -2.13. The predicted octanol–water partition coefficient (Wildman–Crippen LogP) is 4.03. The highest BCUT2D eigenvalue weighted by atomic mass is 35.5. The van der Waals surface area contributed by atoms with E-state index >= 15 is 0 Å². The number of carbonyl (C=O) groups excluding carboxylic acids is 1. The summed E-state index contributed by atoms with van der Waals surface area (Å²) >= 11 is 5.91. The Morgan fingerprint density at radius 2 is 2.04 bits per heavy atom. The Balaban J connectivity index is 1.54. The lowest BCUT2D eigenvalue weighted by Crippen LogP contribution is -2.27. The topological polar surface area (TPSA) is 98.7 Å². The van der Waals surface area contributed by atoms with Gasteiger partial charge in [-0.1, -0.05) is 18.5 Å². The molecule has 142 valence electrons. The van der Waals surface area contributed by atoms with E-state index in [1.165, 1.54) is 4.80 Å². The standard InChI is InChI=1S/C19H17ClN6O2/c1-3-16(26-24-18(23-25-26)12-4-6-13(20)7-5-12)19(27)22-14-8-9-17-15(10-14)21-11(2)28-17/h4-10,16H,3H2,1-2H3,(H,22,27)/t16-/m1/s1. The molecule has 8 nitrogen and oxygen atoms in total. The number of hydrogen-bond donors (Lipinski definition) is 1. The van der Waals surface area contributed by atoms with Crippen molar-refractivity contribution in [3.05, 3.63) is 53.4 Å². The molecule has 0 bridgehead atoms. The second-order valence-corrected chi connectivity index (χ2v) is 6.71. The number of oxazole rings is 1. The number of hydrogen-bond acceptors (Lipinski definition) is 6. The number of fused-ring (bicyclic) bond motifs is 1. The van der Waals surface area contributed by atoms with E-state index in [2.05, 4.69) is 25.7 Å². The second-order valence-electron chi connectivity index (χ2n) is 6.27. The summed E-state index contributed by atoms with van der Waals surface area (Å²) in [7, 11) is 0. The molecule has 1 amide bonds. The van der Waals surface area contributed by atoms with Crippen molar-refractivity contribution in [3.8, 4) is 11.4 Å². The van der Waals surface area contributed by atoms with Gasteiger partial charge in [0.05, 0.1) is 0 Å². The Kier molecular flexibility index (Phi) is 4.79. The molecular formula is C19H17ClN6O2. The van der Waals surface area contributed by atoms with Gasteiger partial charge in [0.1, 0.15) is 5.52 Å². The third kappa shape index (κ3) is 3.59. The molecule has 2 heterocycles. The van der Waals surface area contributed by atoms with Crippen molar-refractivity contribution in [1.29, 1.82) is 0 Å². The molecule has 0 saturated heterocycles. The fourth-order valence-corrected chi connectivity index (χ4v) is 3.00. The number of halogens is 1. The summed E-state index contributed by atoms with van der Waals surface area (Å²) in [5.41, 5.74) is 2.76. The van der Waals surface area contributed by atoms with E-state index in [4.69, 9.17) is 16.0 Å². The first-order valence-corrected chi connectivity index (χ1v) is 9.15. The van der Waals surface area contributed by atoms with Crippen molar-refractivity contribution < 1.29 is 9.21 Å². The zero-order valence-corrected chi connectivity index (χ0v) is 16.0. The Morgan fingerprint density at radius 1 is 1.25 bits per heavy atom. The normalized spacial score (nSPS) is 12.2. The highest BCUT2D eigenvalue weighted by molar-refractivity contribution is 6.30. The van der Waals surface area contributed by atoms with Crippen LogP contribution in [-0.4, -0.2) is 31.1 Å². The number of tetrazole rings is 1. The molecule has 0 unspecified atom stereocenters. The van der Waals surface area contributed by atoms with Crippen LogP contribution in [0.1, 0.15) is 25.3 Å². The van der Waals surface area contributed by atoms with Gasteiger partial charge in [-0.05, 0) is 54.1 Å². The van der Waals surface area contributed by atoms with E-state index in [1.54, 1.807) is 49.4 Å². The number of anilines is 1. The minimum Gasteiger partial charge on any atom is -0.441 e. The molecule has 1 atom stereocenters. The van der Waals surface area contributed by atoms with Crippen molar-refractivity contribution in [2.24, 2.45) is 0 Å². The Hall–Kier alpha value is -3.26. The van der Waals surface area contributed by atoms with Gasteiger partial charge in [0.15, 0.2) is 17.5 Å². The van der Waals surface area contributed by atoms with Crippen molar-refractivity contribution in [3.63, 3.8) is 0 Å². The predicted molar refractivity (Wildman–Crippen MR) is 105 cm³/mol. The number of benzene rings is 2. The Labute approximate surface area is 165 Å². The number of rotatable bonds is 5. The van der Waals surface area contributed by atoms with Gasteiger partial charge in [0.2, 0.25) is 5.82 Å². The fraction of sp³-hybridized carbons (Fsp3) is 0.211. The molecular weight excluding hydrogens is 380 g/mol. The zero-order chi connectivity index (χ0) is 19.7. The van der Waals surface area contributed by atoms with Crippen LogP contribution in [0.5, 0.6) is 0 Å². The number of carbonyl (C=O) groups is 1.